The van der Waals surface area contributed by atoms with Crippen molar-refractivity contribution in [2.24, 2.45) is 0 Å². The first-order valence-corrected chi connectivity index (χ1v) is 9.78. The summed E-state index contributed by atoms with van der Waals surface area (Å²) in [5.74, 6) is -0.324. The summed E-state index contributed by atoms with van der Waals surface area (Å²) in [6.07, 6.45) is 4.12. The van der Waals surface area contributed by atoms with Crippen molar-refractivity contribution in [1.29, 1.82) is 0 Å². The lowest BCUT2D eigenvalue weighted by molar-refractivity contribution is 0.553. The maximum atomic E-state index is 13.9. The van der Waals surface area contributed by atoms with Crippen molar-refractivity contribution < 1.29 is 4.39 Å². The average Bonchev–Trinajstić information content (AvgIpc) is 3.38. The molecule has 28 heavy (non-hydrogen) atoms. The molecule has 0 aliphatic carbocycles. The van der Waals surface area contributed by atoms with E-state index in [1.54, 1.807) is 28.3 Å². The largest absolute Gasteiger partial charge is 0.263 e. The molecular formula is C19H20FN7S. The van der Waals surface area contributed by atoms with Crippen LogP contribution in [0.1, 0.15) is 45.8 Å². The van der Waals surface area contributed by atoms with Gasteiger partial charge in [-0.2, -0.15) is 10.2 Å². The maximum absolute atomic E-state index is 13.9. The van der Waals surface area contributed by atoms with Gasteiger partial charge in [-0.05, 0) is 45.0 Å². The van der Waals surface area contributed by atoms with Crippen LogP contribution in [0.15, 0.2) is 36.7 Å². The Kier molecular flexibility index (Phi) is 4.99. The van der Waals surface area contributed by atoms with Crippen LogP contribution in [0.3, 0.4) is 0 Å². The van der Waals surface area contributed by atoms with Crippen molar-refractivity contribution in [2.45, 2.75) is 39.8 Å². The molecule has 0 aromatic carbocycles. The highest BCUT2D eigenvalue weighted by atomic mass is 32.1. The van der Waals surface area contributed by atoms with E-state index in [4.69, 9.17) is 0 Å². The predicted molar refractivity (Wildman–Crippen MR) is 104 cm³/mol. The molecule has 1 unspecified atom stereocenters. The molecule has 0 N–H and O–H groups in total. The molecule has 9 heteroatoms. The molecule has 4 heterocycles. The third-order valence-electron chi connectivity index (χ3n) is 4.48. The van der Waals surface area contributed by atoms with Crippen LogP contribution in [0, 0.1) is 19.7 Å². The van der Waals surface area contributed by atoms with Gasteiger partial charge in [0.25, 0.3) is 0 Å². The number of rotatable bonds is 6. The molecule has 0 spiro atoms. The topological polar surface area (TPSA) is 74.3 Å². The van der Waals surface area contributed by atoms with Crippen LogP contribution in [0.2, 0.25) is 0 Å². The van der Waals surface area contributed by atoms with Crippen LogP contribution in [-0.4, -0.2) is 34.7 Å². The fourth-order valence-corrected chi connectivity index (χ4v) is 3.83. The first kappa shape index (κ1) is 18.4. The molecule has 0 bridgehead atoms. The molecule has 7 nitrogen and oxygen atoms in total. The van der Waals surface area contributed by atoms with E-state index >= 15 is 0 Å². The Bertz CT molecular complexity index is 1100. The maximum Gasteiger partial charge on any atom is 0.146 e. The van der Waals surface area contributed by atoms with Gasteiger partial charge in [0.2, 0.25) is 0 Å². The lowest BCUT2D eigenvalue weighted by atomic mass is 10.3. The first-order chi connectivity index (χ1) is 13.5. The second-order valence-electron chi connectivity index (χ2n) is 6.69. The van der Waals surface area contributed by atoms with E-state index in [1.165, 1.54) is 6.07 Å². The van der Waals surface area contributed by atoms with Gasteiger partial charge in [-0.15, -0.1) is 10.2 Å². The number of pyridine rings is 1. The Morgan fingerprint density at radius 1 is 1.18 bits per heavy atom. The highest BCUT2D eigenvalue weighted by molar-refractivity contribution is 7.11. The molecule has 0 aliphatic heterocycles. The van der Waals surface area contributed by atoms with Gasteiger partial charge in [0.15, 0.2) is 0 Å². The molecule has 4 rings (SSSR count). The molecule has 144 valence electrons. The van der Waals surface area contributed by atoms with Crippen LogP contribution in [0.5, 0.6) is 0 Å². The van der Waals surface area contributed by atoms with Crippen LogP contribution < -0.4 is 0 Å². The second kappa shape index (κ2) is 7.59. The lowest BCUT2D eigenvalue weighted by Gasteiger charge is -2.07. The highest BCUT2D eigenvalue weighted by Gasteiger charge is 2.16. The summed E-state index contributed by atoms with van der Waals surface area (Å²) < 4.78 is 17.5. The predicted octanol–water partition coefficient (Wildman–Crippen LogP) is 3.33. The minimum Gasteiger partial charge on any atom is -0.263 e. The van der Waals surface area contributed by atoms with E-state index in [2.05, 4.69) is 32.3 Å². The van der Waals surface area contributed by atoms with Crippen molar-refractivity contribution in [3.8, 4) is 0 Å². The summed E-state index contributed by atoms with van der Waals surface area (Å²) in [7, 11) is 0. The monoisotopic (exact) mass is 397 g/mol. The minimum absolute atomic E-state index is 0.0337. The van der Waals surface area contributed by atoms with Crippen LogP contribution in [-0.2, 0) is 13.0 Å². The van der Waals surface area contributed by atoms with Gasteiger partial charge in [0.1, 0.15) is 21.9 Å². The summed E-state index contributed by atoms with van der Waals surface area (Å²) in [6, 6.07) is 6.98. The molecule has 0 amide bonds. The summed E-state index contributed by atoms with van der Waals surface area (Å²) in [4.78, 5) is 4.10. The summed E-state index contributed by atoms with van der Waals surface area (Å²) >= 11 is 1.56. The van der Waals surface area contributed by atoms with Crippen LogP contribution >= 0.6 is 11.3 Å². The normalized spacial score (nSPS) is 12.4. The SMILES string of the molecule is Cc1ccn(C(C)c2nnc(Cc3cc(C)n(Cc4ncccc4F)n3)s2)n1. The quantitative estimate of drug-likeness (QED) is 0.499. The molecule has 0 saturated heterocycles. The van der Waals surface area contributed by atoms with Gasteiger partial charge in [0.05, 0.1) is 23.6 Å². The first-order valence-electron chi connectivity index (χ1n) is 8.96. The Balaban J connectivity index is 1.48. The fraction of sp³-hybridized carbons (Fsp3) is 0.316. The third-order valence-corrected chi connectivity index (χ3v) is 5.57. The Hall–Kier alpha value is -2.94. The van der Waals surface area contributed by atoms with E-state index in [9.17, 15) is 4.39 Å². The average molecular weight is 397 g/mol. The fourth-order valence-electron chi connectivity index (χ4n) is 2.93. The third kappa shape index (κ3) is 3.84. The number of halogens is 1. The molecule has 0 fully saturated rings. The highest BCUT2D eigenvalue weighted by Crippen LogP contribution is 2.23. The van der Waals surface area contributed by atoms with E-state index in [-0.39, 0.29) is 11.9 Å². The Morgan fingerprint density at radius 2 is 2.04 bits per heavy atom. The minimum atomic E-state index is -0.324. The smallest absolute Gasteiger partial charge is 0.146 e. The molecule has 4 aromatic heterocycles. The van der Waals surface area contributed by atoms with Gasteiger partial charge in [0, 0.05) is 24.5 Å². The Morgan fingerprint density at radius 3 is 2.79 bits per heavy atom. The van der Waals surface area contributed by atoms with E-state index in [1.807, 2.05) is 36.9 Å². The standard InChI is InChI=1S/C19H20FN7S/c1-12-6-8-26(24-12)14(3)19-23-22-18(28-19)10-15-9-13(2)27(25-15)11-17-16(20)5-4-7-21-17/h4-9,14H,10-11H2,1-3H3. The van der Waals surface area contributed by atoms with E-state index < -0.39 is 0 Å². The number of aromatic nitrogens is 7. The number of nitrogens with zero attached hydrogens (tertiary/aromatic N) is 7. The van der Waals surface area contributed by atoms with Gasteiger partial charge < -0.3 is 0 Å². The van der Waals surface area contributed by atoms with Gasteiger partial charge in [-0.25, -0.2) is 4.39 Å². The van der Waals surface area contributed by atoms with Crippen molar-refractivity contribution in [1.82, 2.24) is 34.7 Å². The molecule has 0 radical (unpaired) electrons. The van der Waals surface area contributed by atoms with Crippen molar-refractivity contribution in [3.05, 3.63) is 75.3 Å². The van der Waals surface area contributed by atoms with Crippen LogP contribution in [0.4, 0.5) is 4.39 Å². The number of hydrogen-bond acceptors (Lipinski definition) is 6. The van der Waals surface area contributed by atoms with Crippen molar-refractivity contribution in [3.63, 3.8) is 0 Å². The van der Waals surface area contributed by atoms with E-state index in [0.717, 1.165) is 27.1 Å². The zero-order valence-corrected chi connectivity index (χ0v) is 16.7. The van der Waals surface area contributed by atoms with Crippen LogP contribution in [0.25, 0.3) is 0 Å². The molecular weight excluding hydrogens is 377 g/mol. The zero-order valence-electron chi connectivity index (χ0n) is 15.9. The summed E-state index contributed by atoms with van der Waals surface area (Å²) in [6.45, 7) is 6.27. The van der Waals surface area contributed by atoms with Crippen molar-refractivity contribution >= 4 is 11.3 Å². The van der Waals surface area contributed by atoms with Gasteiger partial charge in [-0.3, -0.25) is 14.3 Å². The number of hydrogen-bond donors (Lipinski definition) is 0. The summed E-state index contributed by atoms with van der Waals surface area (Å²) in [5, 5.41) is 19.5. The van der Waals surface area contributed by atoms with Gasteiger partial charge in [-0.1, -0.05) is 11.3 Å². The second-order valence-corrected chi connectivity index (χ2v) is 7.78. The molecule has 0 saturated carbocycles. The molecule has 4 aromatic rings. The summed E-state index contributed by atoms with van der Waals surface area (Å²) in [5.41, 5.74) is 3.17. The molecule has 0 aliphatic rings. The Labute approximate surface area is 165 Å². The lowest BCUT2D eigenvalue weighted by Crippen LogP contribution is -2.07. The molecule has 1 atom stereocenters. The zero-order chi connectivity index (χ0) is 19.7. The van der Waals surface area contributed by atoms with Gasteiger partial charge >= 0.3 is 0 Å². The number of aryl methyl sites for hydroxylation is 2. The van der Waals surface area contributed by atoms with E-state index in [0.29, 0.717) is 18.7 Å². The van der Waals surface area contributed by atoms with Crippen molar-refractivity contribution in [2.75, 3.05) is 0 Å².